The number of ether oxygens (including phenoxy) is 2. The van der Waals surface area contributed by atoms with Gasteiger partial charge in [0.1, 0.15) is 11.4 Å². The number of hydrogen-bond donors (Lipinski definition) is 2. The van der Waals surface area contributed by atoms with E-state index in [1.165, 1.54) is 29.2 Å². The highest BCUT2D eigenvalue weighted by atomic mass is 79.9. The number of fused-ring (bicyclic) bond motifs is 1. The van der Waals surface area contributed by atoms with Crippen LogP contribution in [0, 0.1) is 0 Å². The minimum absolute atomic E-state index is 0.0324. The van der Waals surface area contributed by atoms with Gasteiger partial charge in [0.05, 0.1) is 11.0 Å². The highest BCUT2D eigenvalue weighted by Crippen LogP contribution is 2.35. The second-order valence-corrected chi connectivity index (χ2v) is 14.9. The molecule has 1 fully saturated rings. The lowest BCUT2D eigenvalue weighted by Crippen LogP contribution is -2.58. The zero-order valence-corrected chi connectivity index (χ0v) is 28.2. The van der Waals surface area contributed by atoms with Gasteiger partial charge in [-0.2, -0.15) is 13.5 Å². The first kappa shape index (κ1) is 34.6. The summed E-state index contributed by atoms with van der Waals surface area (Å²) < 4.78 is 73.0. The third-order valence-electron chi connectivity index (χ3n) is 7.10. The largest absolute Gasteiger partial charge is 0.491 e. The van der Waals surface area contributed by atoms with Gasteiger partial charge in [0.2, 0.25) is 15.9 Å². The number of rotatable bonds is 9. The van der Waals surface area contributed by atoms with Crippen LogP contribution in [-0.4, -0.2) is 62.2 Å². The van der Waals surface area contributed by atoms with Crippen LogP contribution < -0.4 is 14.8 Å². The Labute approximate surface area is 270 Å². The molecule has 9 nitrogen and oxygen atoms in total. The average Bonchev–Trinajstić information content (AvgIpc) is 2.94. The second-order valence-electron chi connectivity index (χ2n) is 12.3. The van der Waals surface area contributed by atoms with Crippen LogP contribution >= 0.6 is 15.9 Å². The first-order valence-electron chi connectivity index (χ1n) is 14.6. The number of piperidine rings is 1. The van der Waals surface area contributed by atoms with Gasteiger partial charge in [-0.05, 0) is 94.6 Å². The average molecular weight is 711 g/mol. The van der Waals surface area contributed by atoms with Crippen LogP contribution in [0.5, 0.6) is 5.75 Å². The Kier molecular flexibility index (Phi) is 10.4. The van der Waals surface area contributed by atoms with E-state index in [0.717, 1.165) is 12.1 Å². The molecule has 0 radical (unpaired) electrons. The monoisotopic (exact) mass is 709 g/mol. The van der Waals surface area contributed by atoms with Crippen molar-refractivity contribution in [3.63, 3.8) is 0 Å². The Morgan fingerprint density at radius 1 is 0.956 bits per heavy atom. The van der Waals surface area contributed by atoms with Gasteiger partial charge < -0.3 is 19.7 Å². The number of nitrogens with one attached hydrogen (secondary N) is 2. The molecule has 0 aliphatic carbocycles. The smallest absolute Gasteiger partial charge is 0.407 e. The van der Waals surface area contributed by atoms with Crippen molar-refractivity contribution in [2.24, 2.45) is 0 Å². The minimum atomic E-state index is -4.60. The summed E-state index contributed by atoms with van der Waals surface area (Å²) in [4.78, 5) is 26.9. The standard InChI is InChI=1S/C32H38BrF2N3O6S/c1-20(2)43-26-12-6-22-19-27(13-7-21(22)18-26)45(41,42)37-28(32(34,35)23-8-10-24(33)11-9-23)29(39)38-16-14-25(15-17-38)36-30(40)44-31(3,4)5/h6-13,18-20,25,28,37H,14-17H2,1-5H3,(H,36,40). The number of likely N-dealkylation sites (tertiary alicyclic amines) is 1. The Morgan fingerprint density at radius 2 is 1.56 bits per heavy atom. The van der Waals surface area contributed by atoms with Crippen LogP contribution in [0.15, 0.2) is 70.0 Å². The molecule has 3 aromatic rings. The Bertz CT molecular complexity index is 1640. The second kappa shape index (κ2) is 13.6. The van der Waals surface area contributed by atoms with Crippen LogP contribution in [0.4, 0.5) is 13.6 Å². The fourth-order valence-electron chi connectivity index (χ4n) is 4.96. The van der Waals surface area contributed by atoms with Crippen molar-refractivity contribution >= 4 is 48.7 Å². The van der Waals surface area contributed by atoms with Gasteiger partial charge in [-0.15, -0.1) is 0 Å². The number of carbonyl (C=O) groups is 2. The van der Waals surface area contributed by atoms with E-state index in [1.807, 2.05) is 18.6 Å². The Morgan fingerprint density at radius 3 is 2.16 bits per heavy atom. The molecule has 1 heterocycles. The quantitative estimate of drug-likeness (QED) is 0.268. The highest BCUT2D eigenvalue weighted by Gasteiger charge is 2.50. The summed E-state index contributed by atoms with van der Waals surface area (Å²) in [5, 5.41) is 3.99. The molecular weight excluding hydrogens is 672 g/mol. The van der Waals surface area contributed by atoms with Crippen LogP contribution in [0.25, 0.3) is 10.8 Å². The molecule has 1 aliphatic heterocycles. The highest BCUT2D eigenvalue weighted by molar-refractivity contribution is 9.10. The molecule has 1 unspecified atom stereocenters. The summed E-state index contributed by atoms with van der Waals surface area (Å²) in [5.74, 6) is -4.37. The molecule has 13 heteroatoms. The number of nitrogens with zero attached hydrogens (tertiary/aromatic N) is 1. The van der Waals surface area contributed by atoms with E-state index in [0.29, 0.717) is 21.0 Å². The summed E-state index contributed by atoms with van der Waals surface area (Å²) in [7, 11) is -4.60. The van der Waals surface area contributed by atoms with E-state index < -0.39 is 45.2 Å². The number of halogens is 3. The van der Waals surface area contributed by atoms with E-state index in [9.17, 15) is 18.0 Å². The van der Waals surface area contributed by atoms with Crippen molar-refractivity contribution in [3.05, 3.63) is 70.7 Å². The molecule has 45 heavy (non-hydrogen) atoms. The van der Waals surface area contributed by atoms with Gasteiger partial charge in [0, 0.05) is 29.2 Å². The predicted molar refractivity (Wildman–Crippen MR) is 171 cm³/mol. The molecule has 244 valence electrons. The van der Waals surface area contributed by atoms with Crippen molar-refractivity contribution in [2.45, 2.75) is 82.1 Å². The first-order valence-corrected chi connectivity index (χ1v) is 16.9. The lowest BCUT2D eigenvalue weighted by Gasteiger charge is -2.36. The zero-order valence-electron chi connectivity index (χ0n) is 25.8. The molecule has 2 amide bonds. The first-order chi connectivity index (χ1) is 20.9. The fourth-order valence-corrected chi connectivity index (χ4v) is 6.45. The normalized spacial score (nSPS) is 15.6. The number of benzene rings is 3. The van der Waals surface area contributed by atoms with Gasteiger partial charge in [-0.25, -0.2) is 13.2 Å². The SMILES string of the molecule is CC(C)Oc1ccc2cc(S(=O)(=O)NC(C(=O)N3CCC(NC(=O)OC(C)(C)C)CC3)C(F)(F)c3ccc(Br)cc3)ccc2c1. The third kappa shape index (κ3) is 8.92. The molecule has 0 spiro atoms. The zero-order chi connectivity index (χ0) is 33.2. The maximum absolute atomic E-state index is 16.1. The third-order valence-corrected chi connectivity index (χ3v) is 9.05. The van der Waals surface area contributed by atoms with E-state index in [1.54, 1.807) is 45.0 Å². The van der Waals surface area contributed by atoms with E-state index in [2.05, 4.69) is 21.2 Å². The van der Waals surface area contributed by atoms with Gasteiger partial charge in [0.15, 0.2) is 6.04 Å². The molecule has 0 saturated carbocycles. The van der Waals surface area contributed by atoms with Crippen LogP contribution in [-0.2, 0) is 25.5 Å². The number of hydrogen-bond acceptors (Lipinski definition) is 6. The lowest BCUT2D eigenvalue weighted by atomic mass is 9.98. The maximum atomic E-state index is 16.1. The minimum Gasteiger partial charge on any atom is -0.491 e. The number of sulfonamides is 1. The van der Waals surface area contributed by atoms with Gasteiger partial charge in [-0.1, -0.05) is 40.2 Å². The molecule has 1 saturated heterocycles. The van der Waals surface area contributed by atoms with Crippen LogP contribution in [0.1, 0.15) is 53.0 Å². The summed E-state index contributed by atoms with van der Waals surface area (Å²) >= 11 is 3.22. The van der Waals surface area contributed by atoms with Gasteiger partial charge in [0.25, 0.3) is 5.92 Å². The van der Waals surface area contributed by atoms with E-state index in [4.69, 9.17) is 9.47 Å². The van der Waals surface area contributed by atoms with Crippen molar-refractivity contribution < 1.29 is 36.3 Å². The van der Waals surface area contributed by atoms with Gasteiger partial charge >= 0.3 is 6.09 Å². The molecule has 2 N–H and O–H groups in total. The van der Waals surface area contributed by atoms with Gasteiger partial charge in [-0.3, -0.25) is 4.79 Å². The fraction of sp³-hybridized carbons (Fsp3) is 0.438. The molecule has 1 atom stereocenters. The number of alkyl halides is 2. The number of carbonyl (C=O) groups excluding carboxylic acids is 2. The molecule has 0 bridgehead atoms. The summed E-state index contributed by atoms with van der Waals surface area (Å²) in [6.45, 7) is 9.04. The lowest BCUT2D eigenvalue weighted by molar-refractivity contribution is -0.145. The summed E-state index contributed by atoms with van der Waals surface area (Å²) in [5.41, 5.74) is -1.22. The number of alkyl carbamates (subject to hydrolysis) is 1. The van der Waals surface area contributed by atoms with Crippen molar-refractivity contribution in [3.8, 4) is 5.75 Å². The van der Waals surface area contributed by atoms with E-state index >= 15 is 8.78 Å². The van der Waals surface area contributed by atoms with Crippen molar-refractivity contribution in [2.75, 3.05) is 13.1 Å². The van der Waals surface area contributed by atoms with Crippen molar-refractivity contribution in [1.29, 1.82) is 0 Å². The molecule has 0 aromatic heterocycles. The predicted octanol–water partition coefficient (Wildman–Crippen LogP) is 6.34. The Hall–Kier alpha value is -3.29. The Balaban J connectivity index is 1.59. The summed E-state index contributed by atoms with van der Waals surface area (Å²) in [6.07, 6.45) is -0.109. The molecule has 1 aliphatic rings. The van der Waals surface area contributed by atoms with Crippen LogP contribution in [0.3, 0.4) is 0 Å². The molecular formula is C32H38BrF2N3O6S. The summed E-state index contributed by atoms with van der Waals surface area (Å²) in [6, 6.07) is 11.7. The number of amides is 2. The molecule has 3 aromatic carbocycles. The maximum Gasteiger partial charge on any atom is 0.407 e. The van der Waals surface area contributed by atoms with Crippen LogP contribution in [0.2, 0.25) is 0 Å². The van der Waals surface area contributed by atoms with E-state index in [-0.39, 0.29) is 43.0 Å². The molecule has 4 rings (SSSR count). The topological polar surface area (TPSA) is 114 Å². The van der Waals surface area contributed by atoms with Crippen molar-refractivity contribution in [1.82, 2.24) is 14.9 Å².